The summed E-state index contributed by atoms with van der Waals surface area (Å²) in [5, 5.41) is 8.79. The van der Waals surface area contributed by atoms with Gasteiger partial charge in [0.1, 0.15) is 17.3 Å². The van der Waals surface area contributed by atoms with Crippen LogP contribution in [-0.2, 0) is 18.8 Å². The largest absolute Gasteiger partial charge is 0.476 e. The van der Waals surface area contributed by atoms with E-state index in [9.17, 15) is 9.59 Å². The van der Waals surface area contributed by atoms with Crippen molar-refractivity contribution in [3.05, 3.63) is 84.4 Å². The van der Waals surface area contributed by atoms with Gasteiger partial charge in [0.25, 0.3) is 0 Å². The molecule has 0 saturated carbocycles. The number of aromatic carboxylic acids is 1. The molecule has 4 rings (SSSR count). The number of rotatable bonds is 4. The van der Waals surface area contributed by atoms with Crippen molar-refractivity contribution in [1.29, 1.82) is 0 Å². The van der Waals surface area contributed by atoms with Gasteiger partial charge in [-0.15, -0.1) is 0 Å². The molecule has 0 amide bonds. The van der Waals surface area contributed by atoms with E-state index in [1.165, 1.54) is 19.5 Å². The van der Waals surface area contributed by atoms with Gasteiger partial charge in [0.2, 0.25) is 0 Å². The minimum absolute atomic E-state index is 0.0661. The lowest BCUT2D eigenvalue weighted by molar-refractivity contribution is 0.0589. The molecule has 1 N–H and O–H groups in total. The van der Waals surface area contributed by atoms with Crippen LogP contribution in [0.15, 0.2) is 73.1 Å². The number of carbonyl (C=O) groups excluding carboxylic acids is 1. The molecule has 2 aromatic carbocycles. The number of carboxylic acid groups (broad SMARTS) is 1. The van der Waals surface area contributed by atoms with E-state index in [1.54, 1.807) is 23.2 Å². The van der Waals surface area contributed by atoms with Crippen LogP contribution >= 0.6 is 0 Å². The Kier molecular flexibility index (Phi) is 6.61. The quantitative estimate of drug-likeness (QED) is 0.508. The molecule has 0 radical (unpaired) electrons. The first-order valence-electron chi connectivity index (χ1n) is 9.40. The summed E-state index contributed by atoms with van der Waals surface area (Å²) in [4.78, 5) is 30.4. The highest BCUT2D eigenvalue weighted by molar-refractivity contribution is 5.88. The number of esters is 1. The fourth-order valence-corrected chi connectivity index (χ4v) is 2.98. The van der Waals surface area contributed by atoms with Gasteiger partial charge in [-0.3, -0.25) is 0 Å². The second-order valence-corrected chi connectivity index (χ2v) is 6.62. The first-order chi connectivity index (χ1) is 14.9. The molecule has 8 nitrogen and oxygen atoms in total. The minimum Gasteiger partial charge on any atom is -0.476 e. The first kappa shape index (κ1) is 21.5. The predicted molar refractivity (Wildman–Crippen MR) is 116 cm³/mol. The van der Waals surface area contributed by atoms with Gasteiger partial charge in [0, 0.05) is 31.4 Å². The summed E-state index contributed by atoms with van der Waals surface area (Å²) >= 11 is 0. The second-order valence-electron chi connectivity index (χ2n) is 6.62. The van der Waals surface area contributed by atoms with Gasteiger partial charge < -0.3 is 19.0 Å². The molecular weight excluding hydrogens is 396 g/mol. The summed E-state index contributed by atoms with van der Waals surface area (Å²) < 4.78 is 8.10. The number of aromatic nitrogens is 4. The molecule has 8 heteroatoms. The van der Waals surface area contributed by atoms with Crippen LogP contribution in [0, 0.1) is 0 Å². The number of carbonyl (C=O) groups is 2. The normalized spacial score (nSPS) is 10.2. The number of carboxylic acids is 1. The van der Waals surface area contributed by atoms with E-state index < -0.39 is 5.97 Å². The number of ether oxygens (including phenoxy) is 1. The van der Waals surface area contributed by atoms with Crippen LogP contribution in [0.3, 0.4) is 0 Å². The SMILES string of the molecule is COC(=O)c1cnc(-c2ccccc2)n1C.Cn1cc(C(=O)O)nc1-c1ccccc1. The molecule has 2 heterocycles. The lowest BCUT2D eigenvalue weighted by Crippen LogP contribution is -2.07. The molecule has 2 aromatic heterocycles. The van der Waals surface area contributed by atoms with Crippen LogP contribution in [0.1, 0.15) is 21.0 Å². The van der Waals surface area contributed by atoms with Crippen molar-refractivity contribution in [3.63, 3.8) is 0 Å². The first-order valence-corrected chi connectivity index (χ1v) is 9.40. The highest BCUT2D eigenvalue weighted by Crippen LogP contribution is 2.18. The lowest BCUT2D eigenvalue weighted by Gasteiger charge is -2.04. The highest BCUT2D eigenvalue weighted by atomic mass is 16.5. The van der Waals surface area contributed by atoms with Crippen LogP contribution in [-0.4, -0.2) is 43.3 Å². The molecule has 0 unspecified atom stereocenters. The van der Waals surface area contributed by atoms with E-state index >= 15 is 0 Å². The van der Waals surface area contributed by atoms with Crippen LogP contribution in [0.25, 0.3) is 22.8 Å². The third-order valence-corrected chi connectivity index (χ3v) is 4.54. The number of nitrogens with zero attached hydrogens (tertiary/aromatic N) is 4. The van der Waals surface area contributed by atoms with Crippen molar-refractivity contribution >= 4 is 11.9 Å². The molecule has 158 valence electrons. The summed E-state index contributed by atoms with van der Waals surface area (Å²) in [6.45, 7) is 0. The molecule has 0 aliphatic heterocycles. The Morgan fingerprint density at radius 1 is 0.903 bits per heavy atom. The van der Waals surface area contributed by atoms with Gasteiger partial charge >= 0.3 is 11.9 Å². The van der Waals surface area contributed by atoms with Gasteiger partial charge in [-0.25, -0.2) is 19.6 Å². The third kappa shape index (κ3) is 4.87. The van der Waals surface area contributed by atoms with Gasteiger partial charge in [-0.2, -0.15) is 0 Å². The van der Waals surface area contributed by atoms with Crippen LogP contribution in [0.2, 0.25) is 0 Å². The zero-order valence-electron chi connectivity index (χ0n) is 17.4. The number of aryl methyl sites for hydroxylation is 1. The number of hydrogen-bond acceptors (Lipinski definition) is 5. The standard InChI is InChI=1S/C12H12N2O2.C11H10N2O2/c1-14-10(12(15)16-2)8-13-11(14)9-6-4-3-5-7-9;1-13-7-9(11(14)15)12-10(13)8-5-3-2-4-6-8/h3-8H,1-2H3;2-7H,1H3,(H,14,15). The van der Waals surface area contributed by atoms with Crippen molar-refractivity contribution < 1.29 is 19.4 Å². The summed E-state index contributed by atoms with van der Waals surface area (Å²) in [5.74, 6) is 0.0268. The van der Waals surface area contributed by atoms with E-state index in [0.717, 1.165) is 17.0 Å². The zero-order valence-corrected chi connectivity index (χ0v) is 17.4. The molecule has 0 aliphatic carbocycles. The lowest BCUT2D eigenvalue weighted by atomic mass is 10.2. The van der Waals surface area contributed by atoms with E-state index in [2.05, 4.69) is 14.7 Å². The Morgan fingerprint density at radius 2 is 1.45 bits per heavy atom. The Bertz CT molecular complexity index is 1180. The van der Waals surface area contributed by atoms with Crippen molar-refractivity contribution in [2.45, 2.75) is 0 Å². The topological polar surface area (TPSA) is 99.2 Å². The molecular formula is C23H22N4O4. The Labute approximate surface area is 179 Å². The Balaban J connectivity index is 0.000000176. The Hall–Kier alpha value is -4.20. The van der Waals surface area contributed by atoms with Gasteiger partial charge in [0.05, 0.1) is 13.3 Å². The fourth-order valence-electron chi connectivity index (χ4n) is 2.98. The number of methoxy groups -OCH3 is 1. The molecule has 31 heavy (non-hydrogen) atoms. The summed E-state index contributed by atoms with van der Waals surface area (Å²) in [6.07, 6.45) is 3.03. The molecule has 0 atom stereocenters. The third-order valence-electron chi connectivity index (χ3n) is 4.54. The maximum atomic E-state index is 11.4. The second kappa shape index (κ2) is 9.53. The van der Waals surface area contributed by atoms with Gasteiger partial charge in [-0.1, -0.05) is 60.7 Å². The van der Waals surface area contributed by atoms with Crippen molar-refractivity contribution in [3.8, 4) is 22.8 Å². The van der Waals surface area contributed by atoms with Crippen LogP contribution in [0.4, 0.5) is 0 Å². The molecule has 0 aliphatic rings. The smallest absolute Gasteiger partial charge is 0.356 e. The summed E-state index contributed by atoms with van der Waals surface area (Å²) in [7, 11) is 4.93. The van der Waals surface area contributed by atoms with E-state index in [4.69, 9.17) is 5.11 Å². The maximum absolute atomic E-state index is 11.4. The van der Waals surface area contributed by atoms with Crippen molar-refractivity contribution in [2.24, 2.45) is 14.1 Å². The fraction of sp³-hybridized carbons (Fsp3) is 0.130. The van der Waals surface area contributed by atoms with Crippen LogP contribution < -0.4 is 0 Å². The van der Waals surface area contributed by atoms with Crippen LogP contribution in [0.5, 0.6) is 0 Å². The van der Waals surface area contributed by atoms with Gasteiger partial charge in [-0.05, 0) is 0 Å². The maximum Gasteiger partial charge on any atom is 0.356 e. The predicted octanol–water partition coefficient (Wildman–Crippen LogP) is 3.66. The molecule has 0 saturated heterocycles. The molecule has 0 fully saturated rings. The molecule has 0 spiro atoms. The average molecular weight is 418 g/mol. The monoisotopic (exact) mass is 418 g/mol. The number of hydrogen-bond donors (Lipinski definition) is 1. The molecule has 4 aromatic rings. The minimum atomic E-state index is -1.01. The zero-order chi connectivity index (χ0) is 22.4. The van der Waals surface area contributed by atoms with E-state index in [-0.39, 0.29) is 11.7 Å². The number of benzene rings is 2. The number of imidazole rings is 2. The van der Waals surface area contributed by atoms with Gasteiger partial charge in [0.15, 0.2) is 5.69 Å². The van der Waals surface area contributed by atoms with Crippen molar-refractivity contribution in [2.75, 3.05) is 7.11 Å². The molecule has 0 bridgehead atoms. The average Bonchev–Trinajstić information content (AvgIpc) is 3.38. The van der Waals surface area contributed by atoms with Crippen molar-refractivity contribution in [1.82, 2.24) is 19.1 Å². The highest BCUT2D eigenvalue weighted by Gasteiger charge is 2.15. The van der Waals surface area contributed by atoms with E-state index in [0.29, 0.717) is 11.5 Å². The summed E-state index contributed by atoms with van der Waals surface area (Å²) in [6, 6.07) is 19.2. The summed E-state index contributed by atoms with van der Waals surface area (Å²) in [5.41, 5.74) is 2.39. The van der Waals surface area contributed by atoms with E-state index in [1.807, 2.05) is 60.7 Å². The Morgan fingerprint density at radius 3 is 1.94 bits per heavy atom.